The fourth-order valence-corrected chi connectivity index (χ4v) is 2.00. The summed E-state index contributed by atoms with van der Waals surface area (Å²) in [5.74, 6) is 0. The quantitative estimate of drug-likeness (QED) is 0.789. The van der Waals surface area contributed by atoms with Gasteiger partial charge in [0.05, 0.1) is 0 Å². The van der Waals surface area contributed by atoms with Crippen LogP contribution in [0.3, 0.4) is 0 Å². The molecular weight excluding hydrogens is 240 g/mol. The molecule has 4 nitrogen and oxygen atoms in total. The second-order valence-corrected chi connectivity index (χ2v) is 4.34. The van der Waals surface area contributed by atoms with E-state index in [0.29, 0.717) is 23.4 Å². The van der Waals surface area contributed by atoms with Gasteiger partial charge in [-0.25, -0.2) is 5.01 Å². The molecule has 1 unspecified atom stereocenters. The van der Waals surface area contributed by atoms with Crippen LogP contribution in [0.25, 0.3) is 0 Å². The Morgan fingerprint density at radius 2 is 2.12 bits per heavy atom. The third kappa shape index (κ3) is 2.01. The topological polar surface area (TPSA) is 52.6 Å². The number of amides is 1. The summed E-state index contributed by atoms with van der Waals surface area (Å²) in [5, 5.41) is 12.3. The van der Waals surface area contributed by atoms with Crippen molar-refractivity contribution in [2.75, 3.05) is 0 Å². The number of allylic oxidation sites excluding steroid dienone is 1. The van der Waals surface area contributed by atoms with Gasteiger partial charge in [0, 0.05) is 22.7 Å². The molecular formula is C12H13ClN2O2. The van der Waals surface area contributed by atoms with Crippen LogP contribution in [0.5, 0.6) is 0 Å². The maximum Gasteiger partial charge on any atom is 0.231 e. The normalized spacial score (nSPS) is 26.1. The molecule has 1 heterocycles. The summed E-state index contributed by atoms with van der Waals surface area (Å²) >= 11 is 5.80. The average Bonchev–Trinajstić information content (AvgIpc) is 2.68. The third-order valence-electron chi connectivity index (χ3n) is 2.86. The van der Waals surface area contributed by atoms with Gasteiger partial charge in [0.25, 0.3) is 0 Å². The number of halogens is 1. The van der Waals surface area contributed by atoms with E-state index < -0.39 is 5.72 Å². The van der Waals surface area contributed by atoms with Gasteiger partial charge in [-0.15, -0.1) is 0 Å². The van der Waals surface area contributed by atoms with Gasteiger partial charge in [-0.05, 0) is 19.1 Å². The van der Waals surface area contributed by atoms with Gasteiger partial charge in [-0.2, -0.15) is 0 Å². The SMILES string of the molecule is CC=C1CC(O)(c2ccc(Cl)cc2)N(C=O)N1. The van der Waals surface area contributed by atoms with Crippen LogP contribution in [-0.4, -0.2) is 16.5 Å². The number of rotatable bonds is 2. The Labute approximate surface area is 104 Å². The lowest BCUT2D eigenvalue weighted by Gasteiger charge is -2.29. The molecule has 90 valence electrons. The van der Waals surface area contributed by atoms with Crippen LogP contribution in [0.15, 0.2) is 36.0 Å². The van der Waals surface area contributed by atoms with Crippen LogP contribution in [0, 0.1) is 0 Å². The fourth-order valence-electron chi connectivity index (χ4n) is 1.88. The molecule has 0 aliphatic carbocycles. The molecule has 2 N–H and O–H groups in total. The predicted octanol–water partition coefficient (Wildman–Crippen LogP) is 1.76. The highest BCUT2D eigenvalue weighted by Gasteiger charge is 2.42. The van der Waals surface area contributed by atoms with Crippen molar-refractivity contribution >= 4 is 18.0 Å². The predicted molar refractivity (Wildman–Crippen MR) is 64.8 cm³/mol. The third-order valence-corrected chi connectivity index (χ3v) is 3.11. The number of benzene rings is 1. The first-order chi connectivity index (χ1) is 8.10. The summed E-state index contributed by atoms with van der Waals surface area (Å²) in [4.78, 5) is 11.0. The zero-order valence-corrected chi connectivity index (χ0v) is 10.1. The van der Waals surface area contributed by atoms with Crippen LogP contribution in [0.1, 0.15) is 18.9 Å². The molecule has 1 aliphatic heterocycles. The second-order valence-electron chi connectivity index (χ2n) is 3.90. The minimum Gasteiger partial charge on any atom is -0.365 e. The van der Waals surface area contributed by atoms with Gasteiger partial charge < -0.3 is 5.11 Å². The lowest BCUT2D eigenvalue weighted by atomic mass is 9.99. The summed E-state index contributed by atoms with van der Waals surface area (Å²) in [6.45, 7) is 1.85. The van der Waals surface area contributed by atoms with Crippen molar-refractivity contribution in [3.8, 4) is 0 Å². The van der Waals surface area contributed by atoms with Crippen molar-refractivity contribution in [2.24, 2.45) is 0 Å². The van der Waals surface area contributed by atoms with Crippen LogP contribution in [-0.2, 0) is 10.5 Å². The number of carbonyl (C=O) groups excluding carboxylic acids is 1. The summed E-state index contributed by atoms with van der Waals surface area (Å²) in [6.07, 6.45) is 2.74. The van der Waals surface area contributed by atoms with Crippen molar-refractivity contribution in [3.63, 3.8) is 0 Å². The Bertz CT molecular complexity index is 458. The summed E-state index contributed by atoms with van der Waals surface area (Å²) in [7, 11) is 0. The van der Waals surface area contributed by atoms with E-state index in [4.69, 9.17) is 11.6 Å². The zero-order valence-electron chi connectivity index (χ0n) is 9.35. The van der Waals surface area contributed by atoms with E-state index in [0.717, 1.165) is 10.7 Å². The average molecular weight is 253 g/mol. The Balaban J connectivity index is 2.40. The molecule has 17 heavy (non-hydrogen) atoms. The van der Waals surface area contributed by atoms with Gasteiger partial charge in [0.15, 0.2) is 5.72 Å². The van der Waals surface area contributed by atoms with Gasteiger partial charge in [-0.1, -0.05) is 29.8 Å². The minimum atomic E-state index is -1.35. The molecule has 1 saturated heterocycles. The van der Waals surface area contributed by atoms with Crippen LogP contribution >= 0.6 is 11.6 Å². The highest BCUT2D eigenvalue weighted by atomic mass is 35.5. The lowest BCUT2D eigenvalue weighted by molar-refractivity contribution is -0.147. The largest absolute Gasteiger partial charge is 0.365 e. The molecule has 1 aromatic carbocycles. The van der Waals surface area contributed by atoms with Crippen molar-refractivity contribution in [3.05, 3.63) is 46.6 Å². The molecule has 1 aromatic rings. The zero-order chi connectivity index (χ0) is 12.5. The number of hydrazine groups is 1. The van der Waals surface area contributed by atoms with Crippen molar-refractivity contribution in [1.29, 1.82) is 0 Å². The Hall–Kier alpha value is -1.52. The number of nitrogens with one attached hydrogen (secondary N) is 1. The first-order valence-electron chi connectivity index (χ1n) is 5.25. The summed E-state index contributed by atoms with van der Waals surface area (Å²) < 4.78 is 0. The molecule has 1 fully saturated rings. The lowest BCUT2D eigenvalue weighted by Crippen LogP contribution is -2.44. The Kier molecular flexibility index (Phi) is 3.09. The summed E-state index contributed by atoms with van der Waals surface area (Å²) in [5.41, 5.74) is 2.91. The van der Waals surface area contributed by atoms with E-state index in [2.05, 4.69) is 5.43 Å². The standard InChI is InChI=1S/C12H13ClN2O2/c1-2-11-7-12(17,15(8-16)14-11)9-3-5-10(13)6-4-9/h2-6,8,14,17H,7H2,1H3. The van der Waals surface area contributed by atoms with E-state index in [1.165, 1.54) is 0 Å². The number of carbonyl (C=O) groups is 1. The smallest absolute Gasteiger partial charge is 0.231 e. The molecule has 1 amide bonds. The maximum absolute atomic E-state index is 11.0. The van der Waals surface area contributed by atoms with E-state index >= 15 is 0 Å². The molecule has 2 rings (SSSR count). The van der Waals surface area contributed by atoms with Crippen molar-refractivity contribution in [1.82, 2.24) is 10.4 Å². The van der Waals surface area contributed by atoms with Gasteiger partial charge >= 0.3 is 0 Å². The first-order valence-corrected chi connectivity index (χ1v) is 5.63. The first kappa shape index (κ1) is 12.0. The number of nitrogens with zero attached hydrogens (tertiary/aromatic N) is 1. The Morgan fingerprint density at radius 3 is 2.65 bits per heavy atom. The fraction of sp³-hybridized carbons (Fsp3) is 0.250. The number of aliphatic hydroxyl groups is 1. The molecule has 0 saturated carbocycles. The van der Waals surface area contributed by atoms with E-state index in [1.807, 2.05) is 13.0 Å². The molecule has 0 aromatic heterocycles. The van der Waals surface area contributed by atoms with Crippen molar-refractivity contribution in [2.45, 2.75) is 19.1 Å². The highest BCUT2D eigenvalue weighted by Crippen LogP contribution is 2.35. The van der Waals surface area contributed by atoms with Gasteiger partial charge in [0.1, 0.15) is 0 Å². The van der Waals surface area contributed by atoms with Gasteiger partial charge in [0.2, 0.25) is 6.41 Å². The molecule has 1 aliphatic rings. The van der Waals surface area contributed by atoms with Gasteiger partial charge in [-0.3, -0.25) is 10.2 Å². The number of hydrogen-bond acceptors (Lipinski definition) is 3. The maximum atomic E-state index is 11.0. The minimum absolute atomic E-state index is 0.337. The van der Waals surface area contributed by atoms with E-state index in [9.17, 15) is 9.90 Å². The van der Waals surface area contributed by atoms with Crippen LogP contribution < -0.4 is 5.43 Å². The second kappa shape index (κ2) is 4.39. The molecule has 0 radical (unpaired) electrons. The summed E-state index contributed by atoms with van der Waals surface area (Å²) in [6, 6.07) is 6.79. The molecule has 5 heteroatoms. The van der Waals surface area contributed by atoms with E-state index in [-0.39, 0.29) is 0 Å². The van der Waals surface area contributed by atoms with E-state index in [1.54, 1.807) is 24.3 Å². The van der Waals surface area contributed by atoms with Crippen LogP contribution in [0.4, 0.5) is 0 Å². The van der Waals surface area contributed by atoms with Crippen molar-refractivity contribution < 1.29 is 9.90 Å². The molecule has 0 spiro atoms. The Morgan fingerprint density at radius 1 is 1.47 bits per heavy atom. The number of hydrogen-bond donors (Lipinski definition) is 2. The molecule has 0 bridgehead atoms. The van der Waals surface area contributed by atoms with Crippen LogP contribution in [0.2, 0.25) is 5.02 Å². The monoisotopic (exact) mass is 252 g/mol. The molecule has 1 atom stereocenters. The highest BCUT2D eigenvalue weighted by molar-refractivity contribution is 6.30.